The Kier molecular flexibility index (Phi) is 4.11. The number of carbonyl (C=O) groups is 1. The summed E-state index contributed by atoms with van der Waals surface area (Å²) in [7, 11) is 1.89. The molecule has 2 heterocycles. The Balaban J connectivity index is 1.73. The fourth-order valence-corrected chi connectivity index (χ4v) is 2.94. The van der Waals surface area contributed by atoms with E-state index < -0.39 is 0 Å². The molecule has 0 atom stereocenters. The highest BCUT2D eigenvalue weighted by Crippen LogP contribution is 2.26. The molecule has 0 N–H and O–H groups in total. The maximum absolute atomic E-state index is 12.1. The van der Waals surface area contributed by atoms with E-state index in [9.17, 15) is 4.79 Å². The van der Waals surface area contributed by atoms with Gasteiger partial charge < -0.3 is 8.98 Å². The van der Waals surface area contributed by atoms with Crippen molar-refractivity contribution in [2.75, 3.05) is 5.75 Å². The van der Waals surface area contributed by atoms with Crippen molar-refractivity contribution < 1.29 is 9.21 Å². The fourth-order valence-electron chi connectivity index (χ4n) is 2.13. The minimum Gasteiger partial charge on any atom is -0.469 e. The molecule has 0 bridgehead atoms. The van der Waals surface area contributed by atoms with Crippen LogP contribution >= 0.6 is 11.8 Å². The molecule has 0 fully saturated rings. The van der Waals surface area contributed by atoms with Gasteiger partial charge in [-0.2, -0.15) is 0 Å². The lowest BCUT2D eigenvalue weighted by atomic mass is 10.2. The number of ketones is 1. The van der Waals surface area contributed by atoms with Gasteiger partial charge in [0, 0.05) is 12.6 Å². The zero-order chi connectivity index (χ0) is 15.5. The Labute approximate surface area is 132 Å². The van der Waals surface area contributed by atoms with Gasteiger partial charge >= 0.3 is 0 Å². The van der Waals surface area contributed by atoms with Gasteiger partial charge in [-0.05, 0) is 13.0 Å². The van der Waals surface area contributed by atoms with E-state index in [1.165, 1.54) is 11.8 Å². The molecule has 2 aromatic heterocycles. The number of thioether (sulfide) groups is 1. The van der Waals surface area contributed by atoms with E-state index in [1.807, 2.05) is 54.9 Å². The molecule has 0 unspecified atom stereocenters. The average Bonchev–Trinajstić information content (AvgIpc) is 3.11. The van der Waals surface area contributed by atoms with Gasteiger partial charge in [0.1, 0.15) is 5.76 Å². The standard InChI is InChI=1S/C16H15N3O2S/c1-11-13(8-9-21-11)15-17-18-16(19(15)2)22-10-14(20)12-6-4-3-5-7-12/h3-9H,10H2,1-2H3. The Morgan fingerprint density at radius 1 is 1.23 bits per heavy atom. The van der Waals surface area contributed by atoms with Gasteiger partial charge in [-0.25, -0.2) is 0 Å². The van der Waals surface area contributed by atoms with Crippen molar-refractivity contribution in [2.24, 2.45) is 7.05 Å². The van der Waals surface area contributed by atoms with E-state index in [0.717, 1.165) is 17.1 Å². The molecule has 3 rings (SSSR count). The summed E-state index contributed by atoms with van der Waals surface area (Å²) in [5.41, 5.74) is 1.62. The summed E-state index contributed by atoms with van der Waals surface area (Å²) < 4.78 is 7.17. The van der Waals surface area contributed by atoms with E-state index in [4.69, 9.17) is 4.42 Å². The topological polar surface area (TPSA) is 60.9 Å². The summed E-state index contributed by atoms with van der Waals surface area (Å²) in [4.78, 5) is 12.1. The zero-order valence-corrected chi connectivity index (χ0v) is 13.1. The van der Waals surface area contributed by atoms with Crippen LogP contribution in [0.5, 0.6) is 0 Å². The number of hydrogen-bond donors (Lipinski definition) is 0. The quantitative estimate of drug-likeness (QED) is 0.534. The van der Waals surface area contributed by atoms with Crippen LogP contribution in [0.3, 0.4) is 0 Å². The molecule has 1 aromatic carbocycles. The van der Waals surface area contributed by atoms with Crippen LogP contribution < -0.4 is 0 Å². The van der Waals surface area contributed by atoms with Crippen molar-refractivity contribution in [1.29, 1.82) is 0 Å². The SMILES string of the molecule is Cc1occc1-c1nnc(SCC(=O)c2ccccc2)n1C. The van der Waals surface area contributed by atoms with Crippen LogP contribution in [0.1, 0.15) is 16.1 Å². The first-order chi connectivity index (χ1) is 10.7. The van der Waals surface area contributed by atoms with Gasteiger partial charge in [-0.15, -0.1) is 10.2 Å². The van der Waals surface area contributed by atoms with Crippen LogP contribution in [0.2, 0.25) is 0 Å². The lowest BCUT2D eigenvalue weighted by Gasteiger charge is -2.03. The third-order valence-electron chi connectivity index (χ3n) is 3.36. The minimum absolute atomic E-state index is 0.0784. The van der Waals surface area contributed by atoms with E-state index in [0.29, 0.717) is 16.5 Å². The van der Waals surface area contributed by atoms with Gasteiger partial charge in [0.15, 0.2) is 16.8 Å². The Morgan fingerprint density at radius 2 is 2.00 bits per heavy atom. The fraction of sp³-hybridized carbons (Fsp3) is 0.188. The average molecular weight is 313 g/mol. The predicted octanol–water partition coefficient (Wildman–Crippen LogP) is 3.36. The Morgan fingerprint density at radius 3 is 2.68 bits per heavy atom. The first kappa shape index (κ1) is 14.6. The van der Waals surface area contributed by atoms with E-state index in [1.54, 1.807) is 6.26 Å². The molecular formula is C16H15N3O2S. The van der Waals surface area contributed by atoms with Crippen molar-refractivity contribution in [1.82, 2.24) is 14.8 Å². The second-order valence-corrected chi connectivity index (χ2v) is 5.78. The van der Waals surface area contributed by atoms with E-state index in [-0.39, 0.29) is 5.78 Å². The van der Waals surface area contributed by atoms with Crippen LogP contribution in [0.15, 0.2) is 52.2 Å². The third kappa shape index (κ3) is 2.82. The number of furan rings is 1. The van der Waals surface area contributed by atoms with Gasteiger partial charge in [-0.3, -0.25) is 4.79 Å². The number of aryl methyl sites for hydroxylation is 1. The molecule has 0 saturated carbocycles. The molecule has 0 saturated heterocycles. The highest BCUT2D eigenvalue weighted by Gasteiger charge is 2.16. The van der Waals surface area contributed by atoms with Crippen LogP contribution in [-0.4, -0.2) is 26.3 Å². The maximum Gasteiger partial charge on any atom is 0.191 e. The normalized spacial score (nSPS) is 10.8. The number of rotatable bonds is 5. The molecule has 0 aliphatic heterocycles. The smallest absolute Gasteiger partial charge is 0.191 e. The molecule has 0 aliphatic rings. The maximum atomic E-state index is 12.1. The van der Waals surface area contributed by atoms with Crippen molar-refractivity contribution in [3.8, 4) is 11.4 Å². The van der Waals surface area contributed by atoms with Crippen molar-refractivity contribution in [3.63, 3.8) is 0 Å². The summed E-state index contributed by atoms with van der Waals surface area (Å²) >= 11 is 1.38. The molecule has 0 radical (unpaired) electrons. The second-order valence-electron chi connectivity index (χ2n) is 4.83. The second kappa shape index (κ2) is 6.19. The summed E-state index contributed by atoms with van der Waals surface area (Å²) in [5, 5.41) is 9.06. The van der Waals surface area contributed by atoms with Crippen LogP contribution in [0.4, 0.5) is 0 Å². The largest absolute Gasteiger partial charge is 0.469 e. The number of benzene rings is 1. The molecule has 0 amide bonds. The number of carbonyl (C=O) groups excluding carboxylic acids is 1. The summed E-state index contributed by atoms with van der Waals surface area (Å²) in [6.07, 6.45) is 1.63. The molecule has 22 heavy (non-hydrogen) atoms. The highest BCUT2D eigenvalue weighted by atomic mass is 32.2. The predicted molar refractivity (Wildman–Crippen MR) is 84.9 cm³/mol. The third-order valence-corrected chi connectivity index (χ3v) is 4.38. The molecular weight excluding hydrogens is 298 g/mol. The molecule has 5 nitrogen and oxygen atoms in total. The molecule has 3 aromatic rings. The van der Waals surface area contributed by atoms with Crippen molar-refractivity contribution in [3.05, 3.63) is 54.0 Å². The summed E-state index contributed by atoms with van der Waals surface area (Å²) in [5.74, 6) is 1.95. The summed E-state index contributed by atoms with van der Waals surface area (Å²) in [6.45, 7) is 1.88. The van der Waals surface area contributed by atoms with E-state index in [2.05, 4.69) is 10.2 Å². The number of aromatic nitrogens is 3. The van der Waals surface area contributed by atoms with Gasteiger partial charge in [-0.1, -0.05) is 42.1 Å². The van der Waals surface area contributed by atoms with Crippen LogP contribution in [-0.2, 0) is 7.05 Å². The van der Waals surface area contributed by atoms with Crippen molar-refractivity contribution >= 4 is 17.5 Å². The number of Topliss-reactive ketones (excluding diaryl/α,β-unsaturated/α-hetero) is 1. The number of nitrogens with zero attached hydrogens (tertiary/aromatic N) is 3. The molecule has 6 heteroatoms. The minimum atomic E-state index is 0.0784. The molecule has 0 spiro atoms. The Hall–Kier alpha value is -2.34. The molecule has 112 valence electrons. The monoisotopic (exact) mass is 313 g/mol. The number of hydrogen-bond acceptors (Lipinski definition) is 5. The first-order valence-corrected chi connectivity index (χ1v) is 7.80. The van der Waals surface area contributed by atoms with Gasteiger partial charge in [0.2, 0.25) is 0 Å². The highest BCUT2D eigenvalue weighted by molar-refractivity contribution is 7.99. The van der Waals surface area contributed by atoms with Gasteiger partial charge in [0.25, 0.3) is 0 Å². The lowest BCUT2D eigenvalue weighted by Crippen LogP contribution is -2.03. The molecule has 0 aliphatic carbocycles. The van der Waals surface area contributed by atoms with Crippen LogP contribution in [0, 0.1) is 6.92 Å². The Bertz CT molecular complexity index is 793. The van der Waals surface area contributed by atoms with E-state index >= 15 is 0 Å². The lowest BCUT2D eigenvalue weighted by molar-refractivity contribution is 0.102. The zero-order valence-electron chi connectivity index (χ0n) is 12.3. The van der Waals surface area contributed by atoms with Gasteiger partial charge in [0.05, 0.1) is 17.6 Å². The summed E-state index contributed by atoms with van der Waals surface area (Å²) in [6, 6.07) is 11.1. The van der Waals surface area contributed by atoms with Crippen molar-refractivity contribution in [2.45, 2.75) is 12.1 Å². The first-order valence-electron chi connectivity index (χ1n) is 6.81. The van der Waals surface area contributed by atoms with Crippen LogP contribution in [0.25, 0.3) is 11.4 Å².